The van der Waals surface area contributed by atoms with E-state index in [1.165, 1.54) is 44.8 Å². The molecule has 0 saturated heterocycles. The summed E-state index contributed by atoms with van der Waals surface area (Å²) >= 11 is 0. The lowest BCUT2D eigenvalue weighted by Crippen LogP contribution is -2.22. The first kappa shape index (κ1) is 20.4. The van der Waals surface area contributed by atoms with Crippen molar-refractivity contribution < 1.29 is 19.7 Å². The van der Waals surface area contributed by atoms with Gasteiger partial charge in [0.25, 0.3) is 0 Å². The van der Waals surface area contributed by atoms with E-state index in [-0.39, 0.29) is 11.9 Å². The summed E-state index contributed by atoms with van der Waals surface area (Å²) in [4.78, 5) is 11.2. The minimum absolute atomic E-state index is 0.0950. The van der Waals surface area contributed by atoms with Gasteiger partial charge < -0.3 is 14.9 Å². The van der Waals surface area contributed by atoms with Gasteiger partial charge in [0, 0.05) is 12.3 Å². The summed E-state index contributed by atoms with van der Waals surface area (Å²) in [5.41, 5.74) is 1.44. The van der Waals surface area contributed by atoms with Gasteiger partial charge in [-0.05, 0) is 62.4 Å². The molecule has 0 aromatic heterocycles. The molecule has 2 N–H and O–H groups in total. The molecule has 0 aromatic carbocycles. The monoisotopic (exact) mass is 376 g/mol. The highest BCUT2D eigenvalue weighted by molar-refractivity contribution is 5.68. The molecule has 3 aliphatic carbocycles. The van der Waals surface area contributed by atoms with Crippen LogP contribution in [0.4, 0.5) is 0 Å². The maximum Gasteiger partial charge on any atom is 0.305 e. The van der Waals surface area contributed by atoms with Crippen LogP contribution in [-0.4, -0.2) is 29.4 Å². The number of aliphatic hydroxyl groups is 2. The fraction of sp³-hybridized carbons (Fsp3) is 0.783. The number of fused-ring (bicyclic) bond motifs is 1. The highest BCUT2D eigenvalue weighted by Gasteiger charge is 2.46. The molecule has 0 aromatic rings. The molecule has 0 unspecified atom stereocenters. The predicted molar refractivity (Wildman–Crippen MR) is 106 cm³/mol. The number of esters is 1. The zero-order chi connectivity index (χ0) is 19.2. The van der Waals surface area contributed by atoms with Crippen LogP contribution in [-0.2, 0) is 9.53 Å². The molecule has 4 atom stereocenters. The summed E-state index contributed by atoms with van der Waals surface area (Å²) in [5.74, 6) is 1.65. The number of carbonyl (C=O) groups is 1. The predicted octanol–water partition coefficient (Wildman–Crippen LogP) is 5.08. The Balaban J connectivity index is 1.48. The lowest BCUT2D eigenvalue weighted by molar-refractivity contribution is -0.140. The molecule has 3 rings (SSSR count). The summed E-state index contributed by atoms with van der Waals surface area (Å²) in [5, 5.41) is 21.2. The van der Waals surface area contributed by atoms with Crippen molar-refractivity contribution in [3.63, 3.8) is 0 Å². The summed E-state index contributed by atoms with van der Waals surface area (Å²) in [6, 6.07) is 0. The van der Waals surface area contributed by atoms with Gasteiger partial charge in [0.1, 0.15) is 0 Å². The van der Waals surface area contributed by atoms with E-state index in [1.54, 1.807) is 0 Å². The van der Waals surface area contributed by atoms with Gasteiger partial charge in [0.15, 0.2) is 0 Å². The van der Waals surface area contributed by atoms with Gasteiger partial charge in [-0.1, -0.05) is 43.8 Å². The van der Waals surface area contributed by atoms with Crippen LogP contribution in [0.5, 0.6) is 0 Å². The third kappa shape index (κ3) is 5.37. The Labute approximate surface area is 163 Å². The maximum atomic E-state index is 11.2. The maximum absolute atomic E-state index is 11.2. The molecule has 0 radical (unpaired) electrons. The molecule has 2 saturated carbocycles. The number of ether oxygens (including phenoxy) is 1. The van der Waals surface area contributed by atoms with Crippen LogP contribution in [0.3, 0.4) is 0 Å². The third-order valence-electron chi connectivity index (χ3n) is 6.97. The lowest BCUT2D eigenvalue weighted by atomic mass is 9.84. The van der Waals surface area contributed by atoms with Gasteiger partial charge in [-0.3, -0.25) is 4.79 Å². The Hall–Kier alpha value is -1.29. The Morgan fingerprint density at radius 1 is 1.26 bits per heavy atom. The lowest BCUT2D eigenvalue weighted by Gasteiger charge is -2.23. The summed E-state index contributed by atoms with van der Waals surface area (Å²) in [7, 11) is 1.43. The fourth-order valence-electron chi connectivity index (χ4n) is 5.47. The molecule has 2 fully saturated rings. The van der Waals surface area contributed by atoms with Gasteiger partial charge in [0.2, 0.25) is 0 Å². The Morgan fingerprint density at radius 3 is 2.78 bits per heavy atom. The van der Waals surface area contributed by atoms with Crippen molar-refractivity contribution in [3.05, 3.63) is 23.5 Å². The van der Waals surface area contributed by atoms with Crippen molar-refractivity contribution in [2.75, 3.05) is 7.11 Å². The first-order valence-electron chi connectivity index (χ1n) is 10.9. The molecule has 3 aliphatic rings. The van der Waals surface area contributed by atoms with Crippen LogP contribution in [0.2, 0.25) is 0 Å². The minimum Gasteiger partial charge on any atom is -0.512 e. The zero-order valence-electron chi connectivity index (χ0n) is 16.7. The van der Waals surface area contributed by atoms with Crippen LogP contribution in [0.1, 0.15) is 77.0 Å². The molecule has 0 spiro atoms. The first-order chi connectivity index (χ1) is 13.1. The number of allylic oxidation sites excluding steroid dienone is 3. The standard InChI is InChI=1S/C23H36O4/c1-27-22(26)10-6-5-9-17-13-18-15-21(25)23(19(18)14-17)20(24)12-11-16-7-3-2-4-8-16/h12-13,16,18-19,21,23-25H,2-11,14-15H2,1H3/t18-,19-,21-,23+/m1/s1. The summed E-state index contributed by atoms with van der Waals surface area (Å²) < 4.78 is 4.69. The number of hydrogen-bond acceptors (Lipinski definition) is 4. The molecule has 0 heterocycles. The molecular weight excluding hydrogens is 340 g/mol. The van der Waals surface area contributed by atoms with Crippen molar-refractivity contribution in [1.82, 2.24) is 0 Å². The highest BCUT2D eigenvalue weighted by Crippen LogP contribution is 2.49. The molecule has 4 nitrogen and oxygen atoms in total. The van der Waals surface area contributed by atoms with Gasteiger partial charge in [0.05, 0.1) is 19.0 Å². The van der Waals surface area contributed by atoms with E-state index in [9.17, 15) is 15.0 Å². The van der Waals surface area contributed by atoms with Gasteiger partial charge in [-0.25, -0.2) is 0 Å². The van der Waals surface area contributed by atoms with Crippen molar-refractivity contribution in [3.8, 4) is 0 Å². The second-order valence-electron chi connectivity index (χ2n) is 8.84. The molecule has 0 amide bonds. The Bertz CT molecular complexity index is 559. The van der Waals surface area contributed by atoms with Crippen LogP contribution < -0.4 is 0 Å². The van der Waals surface area contributed by atoms with Crippen molar-refractivity contribution in [2.24, 2.45) is 23.7 Å². The number of carbonyl (C=O) groups excluding carboxylic acids is 1. The van der Waals surface area contributed by atoms with E-state index in [1.807, 2.05) is 6.08 Å². The molecule has 0 bridgehead atoms. The number of rotatable bonds is 8. The van der Waals surface area contributed by atoms with Crippen LogP contribution in [0.25, 0.3) is 0 Å². The largest absolute Gasteiger partial charge is 0.512 e. The zero-order valence-corrected chi connectivity index (χ0v) is 16.7. The van der Waals surface area contributed by atoms with Gasteiger partial charge in [-0.15, -0.1) is 0 Å². The molecular formula is C23H36O4. The first-order valence-corrected chi connectivity index (χ1v) is 10.9. The topological polar surface area (TPSA) is 66.8 Å². The highest BCUT2D eigenvalue weighted by atomic mass is 16.5. The van der Waals surface area contributed by atoms with Crippen LogP contribution in [0, 0.1) is 23.7 Å². The smallest absolute Gasteiger partial charge is 0.305 e. The average molecular weight is 377 g/mol. The van der Waals surface area contributed by atoms with Crippen LogP contribution in [0.15, 0.2) is 23.5 Å². The van der Waals surface area contributed by atoms with Gasteiger partial charge >= 0.3 is 5.97 Å². The SMILES string of the molecule is COC(=O)CCCCC1=C[C@@H]2C[C@@H](O)[C@H](C(O)=CCC3CCCCC3)[C@@H]2C1. The third-order valence-corrected chi connectivity index (χ3v) is 6.97. The summed E-state index contributed by atoms with van der Waals surface area (Å²) in [6.07, 6.45) is 16.5. The summed E-state index contributed by atoms with van der Waals surface area (Å²) in [6.45, 7) is 0. The number of methoxy groups -OCH3 is 1. The van der Waals surface area contributed by atoms with E-state index < -0.39 is 6.10 Å². The van der Waals surface area contributed by atoms with Crippen molar-refractivity contribution >= 4 is 5.97 Å². The average Bonchev–Trinajstić information content (AvgIpc) is 3.19. The molecule has 27 heavy (non-hydrogen) atoms. The second-order valence-corrected chi connectivity index (χ2v) is 8.84. The molecule has 4 heteroatoms. The van der Waals surface area contributed by atoms with Crippen LogP contribution >= 0.6 is 0 Å². The van der Waals surface area contributed by atoms with E-state index in [2.05, 4.69) is 10.8 Å². The van der Waals surface area contributed by atoms with E-state index in [0.29, 0.717) is 29.9 Å². The van der Waals surface area contributed by atoms with E-state index in [0.717, 1.165) is 38.5 Å². The Kier molecular flexibility index (Phi) is 7.40. The molecule has 152 valence electrons. The van der Waals surface area contributed by atoms with Gasteiger partial charge in [-0.2, -0.15) is 0 Å². The quantitative estimate of drug-likeness (QED) is 0.268. The minimum atomic E-state index is -0.417. The number of unbranched alkanes of at least 4 members (excludes halogenated alkanes) is 1. The number of hydrogen-bond donors (Lipinski definition) is 2. The van der Waals surface area contributed by atoms with E-state index in [4.69, 9.17) is 0 Å². The Morgan fingerprint density at radius 2 is 2.04 bits per heavy atom. The molecule has 0 aliphatic heterocycles. The number of aliphatic hydroxyl groups excluding tert-OH is 2. The van der Waals surface area contributed by atoms with Crippen molar-refractivity contribution in [2.45, 2.75) is 83.2 Å². The normalized spacial score (nSPS) is 31.6. The van der Waals surface area contributed by atoms with E-state index >= 15 is 0 Å². The van der Waals surface area contributed by atoms with Crippen molar-refractivity contribution in [1.29, 1.82) is 0 Å². The fourth-order valence-corrected chi connectivity index (χ4v) is 5.47. The second kappa shape index (κ2) is 9.77.